The van der Waals surface area contributed by atoms with E-state index >= 15 is 0 Å². The number of fused-ring (bicyclic) bond motifs is 4. The maximum absolute atomic E-state index is 12.8. The lowest BCUT2D eigenvalue weighted by molar-refractivity contribution is -0.128. The van der Waals surface area contributed by atoms with Crippen LogP contribution in [0.2, 0.25) is 0 Å². The summed E-state index contributed by atoms with van der Waals surface area (Å²) in [5.74, 6) is 4.59. The van der Waals surface area contributed by atoms with E-state index in [1.54, 1.807) is 18.6 Å². The highest BCUT2D eigenvalue weighted by Gasteiger charge is 2.38. The first-order chi connectivity index (χ1) is 68.1. The van der Waals surface area contributed by atoms with Gasteiger partial charge in [-0.3, -0.25) is 24.2 Å². The molecular formula is C107H149N23O8S2. The SMILES string of the molecule is CCC[C@H](C)Nc1ncc2c(C3CCN(C(=O)C4=CCC=N4)CC3)cn(C3CCC(O)CC3)c2n1.CCC[C@H](C)Nc1ncc2c(C3CCN(C(=O)c4ccc[nH]4)CC3)cn(C3CCC(O)CC3)c2n1.CCC[C@H](C)Nc1ncc2c(C3CCN(C(=O)c4cccs4)CC3)cn(C3CCC(O)CC3)c2n1.CCC[C@H](C)Nc1ncc2c(C3CCN(C(=O)c4nccs4)CC3)cn(C3CCC(O)CC3)c2n1. The van der Waals surface area contributed by atoms with Gasteiger partial charge in [-0.25, -0.2) is 24.9 Å². The van der Waals surface area contributed by atoms with Crippen LogP contribution >= 0.6 is 22.7 Å². The summed E-state index contributed by atoms with van der Waals surface area (Å²) in [6, 6.07) is 10.3. The number of anilines is 4. The number of aromatic amines is 1. The summed E-state index contributed by atoms with van der Waals surface area (Å²) in [6.07, 6.45) is 55.0. The second kappa shape index (κ2) is 47.5. The molecule has 16 heterocycles. The van der Waals surface area contributed by atoms with E-state index in [-0.39, 0.29) is 48.0 Å². The first-order valence-corrected chi connectivity index (χ1v) is 54.6. The number of aliphatic hydroxyl groups excluding tert-OH is 4. The number of rotatable bonds is 28. The topological polar surface area (TPSA) is 374 Å². The van der Waals surface area contributed by atoms with Crippen LogP contribution in [0.1, 0.15) is 367 Å². The fourth-order valence-electron chi connectivity index (χ4n) is 23.1. The fraction of sp³-hybridized carbons (Fsp3) is 0.607. The number of piperidine rings is 4. The Bertz CT molecular complexity index is 5500. The third kappa shape index (κ3) is 24.3. The summed E-state index contributed by atoms with van der Waals surface area (Å²) in [6.45, 7) is 23.5. The van der Waals surface area contributed by atoms with Gasteiger partial charge in [0.25, 0.3) is 23.6 Å². The van der Waals surface area contributed by atoms with E-state index in [4.69, 9.17) is 24.9 Å². The van der Waals surface area contributed by atoms with Gasteiger partial charge >= 0.3 is 0 Å². The molecule has 31 nitrogen and oxygen atoms in total. The van der Waals surface area contributed by atoms with Crippen LogP contribution < -0.4 is 21.3 Å². The smallest absolute Gasteiger partial charge is 0.282 e. The maximum Gasteiger partial charge on any atom is 0.282 e. The minimum Gasteiger partial charge on any atom is -0.393 e. The molecule has 4 atom stereocenters. The Morgan fingerprint density at radius 3 is 0.986 bits per heavy atom. The van der Waals surface area contributed by atoms with Crippen LogP contribution in [0.3, 0.4) is 0 Å². The van der Waals surface area contributed by atoms with Crippen LogP contribution in [-0.4, -0.2) is 239 Å². The number of allylic oxidation sites excluding steroid dienone is 1. The first kappa shape index (κ1) is 101. The first-order valence-electron chi connectivity index (χ1n) is 52.9. The number of carbonyl (C=O) groups excluding carboxylic acids is 4. The zero-order valence-electron chi connectivity index (χ0n) is 83.4. The number of thiazole rings is 1. The molecule has 4 amide bonds. The van der Waals surface area contributed by atoms with Gasteiger partial charge in [-0.15, -0.1) is 22.7 Å². The van der Waals surface area contributed by atoms with E-state index in [1.165, 1.54) is 44.9 Å². The summed E-state index contributed by atoms with van der Waals surface area (Å²) >= 11 is 2.92. The molecule has 8 fully saturated rings. The molecular weight excluding hydrogens is 1800 g/mol. The van der Waals surface area contributed by atoms with E-state index in [0.29, 0.717) is 112 Å². The zero-order valence-corrected chi connectivity index (χ0v) is 85.0. The number of aliphatic imine (C=N–C) groups is 1. The Kier molecular flexibility index (Phi) is 34.3. The Hall–Kier alpha value is -10.6. The summed E-state index contributed by atoms with van der Waals surface area (Å²) < 4.78 is 9.41. The van der Waals surface area contributed by atoms with Crippen LogP contribution in [0.4, 0.5) is 23.8 Å². The molecule has 33 heteroatoms. The third-order valence-electron chi connectivity index (χ3n) is 31.0. The van der Waals surface area contributed by atoms with Crippen molar-refractivity contribution in [2.24, 2.45) is 4.99 Å². The van der Waals surface area contributed by atoms with E-state index in [9.17, 15) is 39.6 Å². The zero-order chi connectivity index (χ0) is 97.5. The number of amides is 4. The summed E-state index contributed by atoms with van der Waals surface area (Å²) in [4.78, 5) is 110. The molecule has 0 bridgehead atoms. The molecule has 5 aliphatic heterocycles. The molecule has 4 saturated heterocycles. The van der Waals surface area contributed by atoms with Crippen molar-refractivity contribution in [1.82, 2.24) is 87.7 Å². The maximum atomic E-state index is 12.8. The molecule has 9 aliphatic rings. The molecule has 4 aliphatic carbocycles. The van der Waals surface area contributed by atoms with Crippen molar-refractivity contribution >= 4 is 120 Å². The lowest BCUT2D eigenvalue weighted by atomic mass is 9.89. The molecule has 0 unspecified atom stereocenters. The van der Waals surface area contributed by atoms with Gasteiger partial charge in [0.2, 0.25) is 23.8 Å². The number of nitrogens with one attached hydrogen (secondary N) is 5. The molecule has 140 heavy (non-hydrogen) atoms. The molecule has 0 aromatic carbocycles. The van der Waals surface area contributed by atoms with Crippen molar-refractivity contribution in [2.75, 3.05) is 73.6 Å². The monoisotopic (exact) mass is 1950 g/mol. The number of likely N-dealkylation sites (tertiary alicyclic amines) is 4. The van der Waals surface area contributed by atoms with E-state index in [2.05, 4.69) is 150 Å². The highest BCUT2D eigenvalue weighted by molar-refractivity contribution is 7.12. The lowest BCUT2D eigenvalue weighted by Gasteiger charge is -2.32. The molecule has 11 aromatic rings. The predicted octanol–water partition coefficient (Wildman–Crippen LogP) is 20.0. The van der Waals surface area contributed by atoms with Crippen molar-refractivity contribution in [3.05, 3.63) is 147 Å². The number of aromatic nitrogens is 14. The molecule has 11 aromatic heterocycles. The number of hydrogen-bond acceptors (Lipinski definition) is 24. The summed E-state index contributed by atoms with van der Waals surface area (Å²) in [5, 5.41) is 63.0. The van der Waals surface area contributed by atoms with E-state index < -0.39 is 0 Å². The van der Waals surface area contributed by atoms with Crippen LogP contribution in [0.5, 0.6) is 0 Å². The van der Waals surface area contributed by atoms with Gasteiger partial charge in [0.05, 0.1) is 29.3 Å². The fourth-order valence-corrected chi connectivity index (χ4v) is 24.4. The highest BCUT2D eigenvalue weighted by atomic mass is 32.1. The Balaban J connectivity index is 0.000000129. The van der Waals surface area contributed by atoms with Gasteiger partial charge in [0.15, 0.2) is 5.01 Å². The van der Waals surface area contributed by atoms with Gasteiger partial charge in [0, 0.05) is 202 Å². The molecule has 9 N–H and O–H groups in total. The van der Waals surface area contributed by atoms with Crippen LogP contribution in [0.15, 0.2) is 114 Å². The Labute approximate surface area is 831 Å². The largest absolute Gasteiger partial charge is 0.393 e. The van der Waals surface area contributed by atoms with Crippen molar-refractivity contribution in [3.8, 4) is 0 Å². The van der Waals surface area contributed by atoms with Crippen molar-refractivity contribution in [2.45, 2.75) is 364 Å². The minimum atomic E-state index is -0.186. The van der Waals surface area contributed by atoms with E-state index in [0.717, 1.165) is 313 Å². The van der Waals surface area contributed by atoms with Crippen molar-refractivity contribution < 1.29 is 39.6 Å². The molecule has 0 spiro atoms. The molecule has 752 valence electrons. The van der Waals surface area contributed by atoms with E-state index in [1.807, 2.05) is 85.5 Å². The van der Waals surface area contributed by atoms with Crippen molar-refractivity contribution in [3.63, 3.8) is 0 Å². The second-order valence-corrected chi connectivity index (χ2v) is 43.0. The minimum absolute atomic E-state index is 0.0434. The van der Waals surface area contributed by atoms with Gasteiger partial charge in [-0.05, 0) is 283 Å². The number of carbonyl (C=O) groups is 4. The normalized spacial score (nSPS) is 22.8. The predicted molar refractivity (Wildman–Crippen MR) is 557 cm³/mol. The second-order valence-electron chi connectivity index (χ2n) is 41.2. The number of thiophene rings is 1. The summed E-state index contributed by atoms with van der Waals surface area (Å²) in [7, 11) is 0. The average Bonchev–Trinajstić information content (AvgIpc) is 1.63. The van der Waals surface area contributed by atoms with Gasteiger partial charge < -0.3 is 84.5 Å². The van der Waals surface area contributed by atoms with Crippen LogP contribution in [0, 0.1) is 0 Å². The van der Waals surface area contributed by atoms with Gasteiger partial charge in [0.1, 0.15) is 34.0 Å². The molecule has 20 rings (SSSR count). The average molecular weight is 1950 g/mol. The van der Waals surface area contributed by atoms with Gasteiger partial charge in [-0.1, -0.05) is 59.4 Å². The van der Waals surface area contributed by atoms with Crippen LogP contribution in [0.25, 0.3) is 44.1 Å². The highest BCUT2D eigenvalue weighted by Crippen LogP contribution is 2.46. The number of aliphatic hydroxyl groups is 4. The van der Waals surface area contributed by atoms with Crippen LogP contribution in [-0.2, 0) is 4.79 Å². The standard InChI is InChI=1S/2C27H38N6O2.C27H37N5O2S.C26H36N6O2S/c2*1-3-5-18(2)30-27-29-16-22-23(17-33(25(22)31-27)20-7-9-21(34)10-8-20)19-11-14-32(15-12-19)26(35)24-6-4-13-28-24;1-3-5-18(2)29-27-28-16-22-23(17-32(25(22)30-27)20-7-9-21(33)10-8-20)19-11-13-31(14-12-19)26(34)24-6-4-15-35-24;1-3-4-17(2)29-26-28-15-21-22(16-32(23(21)30-26)19-5-7-20(33)8-6-19)18-9-12-31(13-10-18)25(34)24-27-11-14-35-24/h6,13,16-21,34H,3-5,7-12,14-15H2,1-2H3,(H,29,30,31);4,6,13,16-21,28,34H,3,5,7-12,14-15H2,1-2H3,(H,29,30,31);4,6,15-21,33H,3,5,7-14H2,1-2H3,(H,28,29,30);11,14-20,33H,3-10,12-13H2,1-2H3,(H,28,29,30)/t3*18-,20?,21?;17-,19?,20?/m0000/s1. The quantitative estimate of drug-likeness (QED) is 0.0220. The number of nitrogens with zero attached hydrogens (tertiary/aromatic N) is 18. The van der Waals surface area contributed by atoms with Crippen molar-refractivity contribution in [1.29, 1.82) is 0 Å². The number of hydrogen-bond donors (Lipinski definition) is 9. The molecule has 4 saturated carbocycles. The Morgan fingerprint density at radius 2 is 0.707 bits per heavy atom. The molecule has 0 radical (unpaired) electrons. The van der Waals surface area contributed by atoms with Gasteiger partial charge in [-0.2, -0.15) is 19.9 Å². The lowest BCUT2D eigenvalue weighted by Crippen LogP contribution is -2.38. The summed E-state index contributed by atoms with van der Waals surface area (Å²) in [5.41, 5.74) is 10.4. The Morgan fingerprint density at radius 1 is 0.386 bits per heavy atom. The third-order valence-corrected chi connectivity index (χ3v) is 32.6. The number of H-pyrrole nitrogens is 1.